The highest BCUT2D eigenvalue weighted by Gasteiger charge is 2.25. The molecule has 418 valence electrons. The molecule has 0 aromatic heterocycles. The first kappa shape index (κ1) is 66.7. The van der Waals surface area contributed by atoms with E-state index in [9.17, 15) is 19.2 Å². The van der Waals surface area contributed by atoms with Crippen LogP contribution in [-0.4, -0.2) is 113 Å². The fraction of sp³-hybridized carbons (Fsp3) is 0.235. The highest BCUT2D eigenvalue weighted by atomic mass is 79.9. The Kier molecular flexibility index (Phi) is 27.2. The van der Waals surface area contributed by atoms with E-state index >= 15 is 0 Å². The predicted molar refractivity (Wildman–Crippen MR) is 305 cm³/mol. The van der Waals surface area contributed by atoms with Crippen molar-refractivity contribution in [3.8, 4) is 0 Å². The number of likely N-dealkylation sites (N-methyl/N-ethyl adjacent to an activating group) is 2. The summed E-state index contributed by atoms with van der Waals surface area (Å²) in [5, 5.41) is 0. The molecule has 2 N–H and O–H groups in total. The number of rotatable bonds is 27. The first-order valence-electron chi connectivity index (χ1n) is 26.8. The van der Waals surface area contributed by atoms with Crippen molar-refractivity contribution in [1.29, 1.82) is 0 Å². The van der Waals surface area contributed by atoms with Crippen molar-refractivity contribution in [2.75, 3.05) is 80.5 Å². The monoisotopic (exact) mass is 1330 g/mol. The van der Waals surface area contributed by atoms with Crippen LogP contribution >= 0.6 is 0 Å². The van der Waals surface area contributed by atoms with Crippen LogP contribution in [0.3, 0.4) is 0 Å². The minimum atomic E-state index is 0. The second kappa shape index (κ2) is 32.6. The molecule has 2 unspecified atom stereocenters. The summed E-state index contributed by atoms with van der Waals surface area (Å²) in [7, 11) is 9.20. The molecule has 8 rings (SSSR count). The van der Waals surface area contributed by atoms with Crippen molar-refractivity contribution >= 4 is 23.1 Å². The van der Waals surface area contributed by atoms with Gasteiger partial charge in [0, 0.05) is 68.5 Å². The normalized spacial score (nSPS) is 11.8. The van der Waals surface area contributed by atoms with Crippen LogP contribution in [0.1, 0.15) is 85.9 Å². The summed E-state index contributed by atoms with van der Waals surface area (Å²) in [6, 6.07) is 70.4. The molecule has 8 nitrogen and oxygen atoms in total. The van der Waals surface area contributed by atoms with E-state index in [1.807, 2.05) is 170 Å². The van der Waals surface area contributed by atoms with Gasteiger partial charge in [0.05, 0.1) is 41.3 Å². The van der Waals surface area contributed by atoms with E-state index in [-0.39, 0.29) is 91.1 Å². The Morgan fingerprint density at radius 3 is 0.725 bits per heavy atom. The van der Waals surface area contributed by atoms with E-state index < -0.39 is 0 Å². The standard InChI is InChI=1S/C68H72N4O4.4BrH/c1-71(2,51-55-29-37-63(38-30-55)67(75)59-21-13-7-14-22-59)49-47-69(43-41-53-25-33-61(34-26-53)65(73)57-17-9-5-10-18-57)45-46-70(44-42-54-27-35-62(36-28-54)66(74)58-19-11-6-12-20-58)48-50-72(3,4)52-56-31-39-64(40-32-56)68(76)60-23-15-8-16-24-60;;;;/h5-40H,41-52H2,1-4H3;4*1H/q+2;;;;/p-2. The van der Waals surface area contributed by atoms with Crippen LogP contribution in [0.25, 0.3) is 0 Å². The van der Waals surface area contributed by atoms with Crippen molar-refractivity contribution < 1.29 is 106 Å². The third-order valence-corrected chi connectivity index (χ3v) is 14.7. The van der Waals surface area contributed by atoms with Gasteiger partial charge in [-0.25, -0.2) is 0 Å². The zero-order valence-electron chi connectivity index (χ0n) is 46.3. The highest BCUT2D eigenvalue weighted by Crippen LogP contribution is 2.17. The lowest BCUT2D eigenvalue weighted by atomic mass is 10.0. The van der Waals surface area contributed by atoms with Gasteiger partial charge in [-0.15, -0.1) is 0 Å². The van der Waals surface area contributed by atoms with E-state index in [2.05, 4.69) is 76.7 Å². The highest BCUT2D eigenvalue weighted by molar-refractivity contribution is 6.10. The van der Waals surface area contributed by atoms with Crippen LogP contribution in [0.4, 0.5) is 0 Å². The lowest BCUT2D eigenvalue weighted by Gasteiger charge is -2.33. The topological polar surface area (TPSA) is 77.2 Å². The maximum Gasteiger partial charge on any atom is 0.193 e. The third kappa shape index (κ3) is 20.0. The van der Waals surface area contributed by atoms with Gasteiger partial charge in [-0.1, -0.05) is 218 Å². The molecule has 0 fully saturated rings. The minimum absolute atomic E-state index is 0. The second-order valence-electron chi connectivity index (χ2n) is 21.7. The number of ketones is 4. The molecule has 0 saturated carbocycles. The third-order valence-electron chi connectivity index (χ3n) is 14.7. The van der Waals surface area contributed by atoms with Crippen LogP contribution in [-0.2, 0) is 25.9 Å². The van der Waals surface area contributed by atoms with Crippen molar-refractivity contribution in [2.24, 2.45) is 0 Å². The maximum atomic E-state index is 13.3. The fourth-order valence-corrected chi connectivity index (χ4v) is 10.0. The van der Waals surface area contributed by atoms with Crippen LogP contribution in [0, 0.1) is 0 Å². The van der Waals surface area contributed by atoms with E-state index in [4.69, 9.17) is 0 Å². The fourth-order valence-electron chi connectivity index (χ4n) is 10.0. The quantitative estimate of drug-likeness (QED) is 0.0420. The van der Waals surface area contributed by atoms with E-state index in [1.165, 1.54) is 22.3 Å². The van der Waals surface area contributed by atoms with Gasteiger partial charge in [-0.2, -0.15) is 0 Å². The predicted octanol–water partition coefficient (Wildman–Crippen LogP) is -3.27. The summed E-state index contributed by atoms with van der Waals surface area (Å²) >= 11 is 0. The Morgan fingerprint density at radius 2 is 0.487 bits per heavy atom. The SMILES string of the molecule is C[N+](C)(CC[NH+](CCc1ccc(C(=O)c2ccccc2)cc1)CC[NH+](CCc1ccc(C(=O)c2ccccc2)cc1)CC[N+](C)(C)Cc1ccc(C(=O)c2ccccc2)cc1)Cc1ccc(C(=O)c2ccccc2)cc1.[Br-].[Br-].[Br-].[Br-]. The lowest BCUT2D eigenvalue weighted by Crippen LogP contribution is -3.21. The molecule has 8 aromatic rings. The first-order valence-corrected chi connectivity index (χ1v) is 26.8. The number of carbonyl (C=O) groups excluding carboxylic acids is 4. The Labute approximate surface area is 516 Å². The summed E-state index contributed by atoms with van der Waals surface area (Å²) in [5.41, 5.74) is 10.4. The summed E-state index contributed by atoms with van der Waals surface area (Å²) in [6.07, 6.45) is 1.78. The van der Waals surface area contributed by atoms with Gasteiger partial charge in [0.1, 0.15) is 52.4 Å². The summed E-state index contributed by atoms with van der Waals surface area (Å²) in [4.78, 5) is 56.0. The number of halogens is 4. The number of hydrogen-bond donors (Lipinski definition) is 2. The zero-order chi connectivity index (χ0) is 53.3. The Morgan fingerprint density at radius 1 is 0.275 bits per heavy atom. The first-order chi connectivity index (χ1) is 36.8. The summed E-state index contributed by atoms with van der Waals surface area (Å²) < 4.78 is 1.61. The lowest BCUT2D eigenvalue weighted by molar-refractivity contribution is -0.991. The molecule has 0 radical (unpaired) electrons. The molecule has 12 heteroatoms. The van der Waals surface area contributed by atoms with Crippen molar-refractivity contribution in [2.45, 2.75) is 25.9 Å². The molecule has 0 bridgehead atoms. The molecular formula is C68H74Br4N4O4. The zero-order valence-corrected chi connectivity index (χ0v) is 52.7. The number of hydrogen-bond acceptors (Lipinski definition) is 4. The van der Waals surface area contributed by atoms with Gasteiger partial charge in [0.25, 0.3) is 0 Å². The maximum absolute atomic E-state index is 13.3. The summed E-state index contributed by atoms with van der Waals surface area (Å²) in [5.74, 6) is 0.137. The number of benzene rings is 8. The van der Waals surface area contributed by atoms with Crippen LogP contribution in [0.5, 0.6) is 0 Å². The smallest absolute Gasteiger partial charge is 0.193 e. The average Bonchev–Trinajstić information content (AvgIpc) is 3.46. The molecule has 2 atom stereocenters. The molecule has 0 aliphatic heterocycles. The van der Waals surface area contributed by atoms with Crippen LogP contribution < -0.4 is 77.7 Å². The van der Waals surface area contributed by atoms with E-state index in [1.54, 1.807) is 9.80 Å². The van der Waals surface area contributed by atoms with Crippen LogP contribution in [0.15, 0.2) is 218 Å². The van der Waals surface area contributed by atoms with Gasteiger partial charge < -0.3 is 86.7 Å². The molecular weight excluding hydrogens is 1260 g/mol. The summed E-state index contributed by atoms with van der Waals surface area (Å²) in [6.45, 7) is 9.48. The molecule has 0 saturated heterocycles. The molecule has 0 spiro atoms. The van der Waals surface area contributed by atoms with Crippen LogP contribution in [0.2, 0.25) is 0 Å². The molecule has 0 heterocycles. The Bertz CT molecular complexity index is 2930. The van der Waals surface area contributed by atoms with Gasteiger partial charge in [0.2, 0.25) is 0 Å². The molecule has 8 aromatic carbocycles. The van der Waals surface area contributed by atoms with Gasteiger partial charge in [0.15, 0.2) is 23.1 Å². The average molecular weight is 1330 g/mol. The van der Waals surface area contributed by atoms with E-state index in [0.717, 1.165) is 87.3 Å². The largest absolute Gasteiger partial charge is 1.00 e. The molecule has 0 aliphatic rings. The van der Waals surface area contributed by atoms with Crippen molar-refractivity contribution in [3.05, 3.63) is 285 Å². The number of quaternary nitrogens is 4. The van der Waals surface area contributed by atoms with Gasteiger partial charge in [-0.3, -0.25) is 19.2 Å². The van der Waals surface area contributed by atoms with E-state index in [0.29, 0.717) is 44.5 Å². The number of nitrogens with one attached hydrogen (secondary N) is 2. The Hall–Kier alpha value is -5.80. The van der Waals surface area contributed by atoms with Crippen molar-refractivity contribution in [3.63, 3.8) is 0 Å². The molecule has 80 heavy (non-hydrogen) atoms. The number of carbonyl (C=O) groups is 4. The van der Waals surface area contributed by atoms with Gasteiger partial charge >= 0.3 is 0 Å². The van der Waals surface area contributed by atoms with Crippen molar-refractivity contribution in [1.82, 2.24) is 0 Å². The van der Waals surface area contributed by atoms with Gasteiger partial charge in [-0.05, 0) is 11.1 Å². The minimum Gasteiger partial charge on any atom is -1.00 e. The molecule has 0 aliphatic carbocycles. The second-order valence-corrected chi connectivity index (χ2v) is 21.7. The Balaban J connectivity index is 0.00000344. The molecule has 0 amide bonds. The number of nitrogens with zero attached hydrogens (tertiary/aromatic N) is 2.